The van der Waals surface area contributed by atoms with E-state index in [9.17, 15) is 9.90 Å². The van der Waals surface area contributed by atoms with Gasteiger partial charge in [-0.2, -0.15) is 5.10 Å². The molecule has 1 amide bonds. The van der Waals surface area contributed by atoms with Crippen molar-refractivity contribution in [2.24, 2.45) is 0 Å². The van der Waals surface area contributed by atoms with E-state index in [2.05, 4.69) is 15.5 Å². The Hall–Kier alpha value is -2.34. The molecule has 0 fully saturated rings. The van der Waals surface area contributed by atoms with E-state index < -0.39 is 12.0 Å². The van der Waals surface area contributed by atoms with Crippen molar-refractivity contribution in [1.29, 1.82) is 0 Å². The largest absolute Gasteiger partial charge is 0.497 e. The molecule has 6 heteroatoms. The molecule has 0 bridgehead atoms. The fourth-order valence-corrected chi connectivity index (χ4v) is 2.23. The van der Waals surface area contributed by atoms with Crippen LogP contribution in [0.25, 0.3) is 0 Å². The summed E-state index contributed by atoms with van der Waals surface area (Å²) in [5.41, 5.74) is 2.35. The van der Waals surface area contributed by atoms with Crippen molar-refractivity contribution in [3.63, 3.8) is 0 Å². The number of nitrogens with zero attached hydrogens (tertiary/aromatic N) is 1. The van der Waals surface area contributed by atoms with E-state index in [0.717, 1.165) is 11.4 Å². The molecule has 1 aromatic heterocycles. The van der Waals surface area contributed by atoms with E-state index >= 15 is 0 Å². The van der Waals surface area contributed by atoms with Gasteiger partial charge in [-0.25, -0.2) is 0 Å². The van der Waals surface area contributed by atoms with Gasteiger partial charge in [0, 0.05) is 18.2 Å². The SMILES string of the molecule is COc1cccc(C(O)C(=O)NC(C)Cc2cc(C)[nH]n2)c1. The lowest BCUT2D eigenvalue weighted by Crippen LogP contribution is -2.37. The minimum atomic E-state index is -1.22. The van der Waals surface area contributed by atoms with Crippen LogP contribution in [0.1, 0.15) is 30.0 Å². The normalized spacial score (nSPS) is 13.5. The second-order valence-corrected chi connectivity index (χ2v) is 5.34. The smallest absolute Gasteiger partial charge is 0.253 e. The Morgan fingerprint density at radius 2 is 2.23 bits per heavy atom. The number of H-pyrrole nitrogens is 1. The number of ether oxygens (including phenoxy) is 1. The monoisotopic (exact) mass is 303 g/mol. The van der Waals surface area contributed by atoms with Crippen molar-refractivity contribution in [2.45, 2.75) is 32.4 Å². The molecule has 0 aliphatic rings. The molecule has 3 N–H and O–H groups in total. The van der Waals surface area contributed by atoms with Gasteiger partial charge < -0.3 is 15.2 Å². The van der Waals surface area contributed by atoms with Crippen LogP contribution in [0.5, 0.6) is 5.75 Å². The minimum Gasteiger partial charge on any atom is -0.497 e. The molecule has 1 aromatic carbocycles. The van der Waals surface area contributed by atoms with Crippen molar-refractivity contribution in [3.8, 4) is 5.75 Å². The second-order valence-electron chi connectivity index (χ2n) is 5.34. The number of nitrogens with one attached hydrogen (secondary N) is 2. The molecule has 0 aliphatic carbocycles. The van der Waals surface area contributed by atoms with Gasteiger partial charge in [0.25, 0.3) is 5.91 Å². The quantitative estimate of drug-likeness (QED) is 0.755. The standard InChI is InChI=1S/C16H21N3O3/c1-10(7-13-8-11(2)18-19-13)17-16(21)15(20)12-5-4-6-14(9-12)22-3/h4-6,8-10,15,20H,7H2,1-3H3,(H,17,21)(H,18,19). The lowest BCUT2D eigenvalue weighted by atomic mass is 10.1. The maximum atomic E-state index is 12.1. The molecule has 118 valence electrons. The molecule has 0 saturated heterocycles. The minimum absolute atomic E-state index is 0.129. The highest BCUT2D eigenvalue weighted by atomic mass is 16.5. The van der Waals surface area contributed by atoms with E-state index in [1.807, 2.05) is 19.9 Å². The zero-order chi connectivity index (χ0) is 16.1. The van der Waals surface area contributed by atoms with Crippen LogP contribution in [0.2, 0.25) is 0 Å². The van der Waals surface area contributed by atoms with Gasteiger partial charge in [-0.05, 0) is 37.6 Å². The highest BCUT2D eigenvalue weighted by Crippen LogP contribution is 2.19. The summed E-state index contributed by atoms with van der Waals surface area (Å²) >= 11 is 0. The van der Waals surface area contributed by atoms with E-state index in [-0.39, 0.29) is 6.04 Å². The Labute approximate surface area is 129 Å². The molecule has 2 aromatic rings. The van der Waals surface area contributed by atoms with Crippen LogP contribution < -0.4 is 10.1 Å². The van der Waals surface area contributed by atoms with E-state index in [1.165, 1.54) is 0 Å². The summed E-state index contributed by atoms with van der Waals surface area (Å²) in [6.07, 6.45) is -0.626. The van der Waals surface area contributed by atoms with Gasteiger partial charge in [0.05, 0.1) is 12.8 Å². The third-order valence-electron chi connectivity index (χ3n) is 3.32. The Morgan fingerprint density at radius 3 is 2.86 bits per heavy atom. The third kappa shape index (κ3) is 4.08. The number of hydrogen-bond donors (Lipinski definition) is 3. The highest BCUT2D eigenvalue weighted by Gasteiger charge is 2.20. The number of carbonyl (C=O) groups is 1. The fraction of sp³-hybridized carbons (Fsp3) is 0.375. The summed E-state index contributed by atoms with van der Waals surface area (Å²) < 4.78 is 5.09. The van der Waals surface area contributed by atoms with Crippen molar-refractivity contribution in [1.82, 2.24) is 15.5 Å². The number of hydrogen-bond acceptors (Lipinski definition) is 4. The number of aryl methyl sites for hydroxylation is 1. The van der Waals surface area contributed by atoms with Crippen LogP contribution in [-0.2, 0) is 11.2 Å². The first kappa shape index (κ1) is 16.0. The summed E-state index contributed by atoms with van der Waals surface area (Å²) in [7, 11) is 1.54. The number of aromatic nitrogens is 2. The number of aromatic amines is 1. The maximum absolute atomic E-state index is 12.1. The lowest BCUT2D eigenvalue weighted by Gasteiger charge is -2.16. The van der Waals surface area contributed by atoms with E-state index in [4.69, 9.17) is 4.74 Å². The van der Waals surface area contributed by atoms with Crippen LogP contribution in [0, 0.1) is 6.92 Å². The van der Waals surface area contributed by atoms with Crippen LogP contribution in [-0.4, -0.2) is 34.4 Å². The molecule has 0 aliphatic heterocycles. The van der Waals surface area contributed by atoms with E-state index in [0.29, 0.717) is 17.7 Å². The van der Waals surface area contributed by atoms with Crippen LogP contribution in [0.15, 0.2) is 30.3 Å². The third-order valence-corrected chi connectivity index (χ3v) is 3.32. The van der Waals surface area contributed by atoms with Gasteiger partial charge in [0.1, 0.15) is 5.75 Å². The van der Waals surface area contributed by atoms with Gasteiger partial charge in [-0.3, -0.25) is 9.89 Å². The fourth-order valence-electron chi connectivity index (χ4n) is 2.23. The average molecular weight is 303 g/mol. The molecule has 22 heavy (non-hydrogen) atoms. The van der Waals surface area contributed by atoms with Gasteiger partial charge in [-0.1, -0.05) is 12.1 Å². The van der Waals surface area contributed by atoms with Crippen molar-refractivity contribution >= 4 is 5.91 Å². The van der Waals surface area contributed by atoms with Gasteiger partial charge in [0.2, 0.25) is 0 Å². The van der Waals surface area contributed by atoms with Crippen LogP contribution in [0.4, 0.5) is 0 Å². The number of methoxy groups -OCH3 is 1. The van der Waals surface area contributed by atoms with Crippen molar-refractivity contribution in [2.75, 3.05) is 7.11 Å². The first-order valence-electron chi connectivity index (χ1n) is 7.13. The molecule has 1 heterocycles. The summed E-state index contributed by atoms with van der Waals surface area (Å²) in [6.45, 7) is 3.80. The zero-order valence-corrected chi connectivity index (χ0v) is 13.0. The highest BCUT2D eigenvalue weighted by molar-refractivity contribution is 5.82. The van der Waals surface area contributed by atoms with Crippen molar-refractivity contribution < 1.29 is 14.6 Å². The predicted octanol–water partition coefficient (Wildman–Crippen LogP) is 1.51. The Bertz CT molecular complexity index is 639. The molecule has 0 spiro atoms. The first-order valence-corrected chi connectivity index (χ1v) is 7.13. The molecule has 0 saturated carbocycles. The molecule has 0 radical (unpaired) electrons. The number of amides is 1. The Balaban J connectivity index is 1.95. The van der Waals surface area contributed by atoms with Gasteiger partial charge in [0.15, 0.2) is 6.10 Å². The van der Waals surface area contributed by atoms with Crippen LogP contribution >= 0.6 is 0 Å². The van der Waals surface area contributed by atoms with Gasteiger partial charge >= 0.3 is 0 Å². The maximum Gasteiger partial charge on any atom is 0.253 e. The van der Waals surface area contributed by atoms with Crippen molar-refractivity contribution in [3.05, 3.63) is 47.3 Å². The number of benzene rings is 1. The zero-order valence-electron chi connectivity index (χ0n) is 13.0. The van der Waals surface area contributed by atoms with Gasteiger partial charge in [-0.15, -0.1) is 0 Å². The summed E-state index contributed by atoms with van der Waals surface area (Å²) in [5.74, 6) is 0.164. The molecule has 2 rings (SSSR count). The number of carbonyl (C=O) groups excluding carboxylic acids is 1. The second kappa shape index (κ2) is 7.09. The predicted molar refractivity (Wildman–Crippen MR) is 82.6 cm³/mol. The number of rotatable bonds is 6. The topological polar surface area (TPSA) is 87.2 Å². The Kier molecular flexibility index (Phi) is 5.16. The number of aliphatic hydroxyl groups is 1. The molecular weight excluding hydrogens is 282 g/mol. The average Bonchev–Trinajstić information content (AvgIpc) is 2.91. The summed E-state index contributed by atoms with van der Waals surface area (Å²) in [5, 5.41) is 19.9. The van der Waals surface area contributed by atoms with E-state index in [1.54, 1.807) is 31.4 Å². The summed E-state index contributed by atoms with van der Waals surface area (Å²) in [6, 6.07) is 8.63. The lowest BCUT2D eigenvalue weighted by molar-refractivity contribution is -0.130. The molecule has 6 nitrogen and oxygen atoms in total. The first-order chi connectivity index (χ1) is 10.5. The molecule has 2 unspecified atom stereocenters. The van der Waals surface area contributed by atoms with Crippen LogP contribution in [0.3, 0.4) is 0 Å². The summed E-state index contributed by atoms with van der Waals surface area (Å²) in [4.78, 5) is 12.1. The molecular formula is C16H21N3O3. The number of aliphatic hydroxyl groups excluding tert-OH is 1. The molecule has 2 atom stereocenters. The Morgan fingerprint density at radius 1 is 1.45 bits per heavy atom.